The Morgan fingerprint density at radius 2 is 1.77 bits per heavy atom. The summed E-state index contributed by atoms with van der Waals surface area (Å²) >= 11 is 5.77. The Kier molecular flexibility index (Phi) is 4.83. The van der Waals surface area contributed by atoms with Gasteiger partial charge in [-0.1, -0.05) is 11.6 Å². The van der Waals surface area contributed by atoms with Crippen molar-refractivity contribution in [1.29, 1.82) is 0 Å². The van der Waals surface area contributed by atoms with Crippen LogP contribution in [0.2, 0.25) is 5.02 Å². The van der Waals surface area contributed by atoms with Crippen LogP contribution in [0.1, 0.15) is 13.8 Å². The van der Waals surface area contributed by atoms with Crippen molar-refractivity contribution in [2.75, 3.05) is 10.5 Å². The maximum Gasteiger partial charge on any atom is 0.263 e. The molecule has 0 atom stereocenters. The van der Waals surface area contributed by atoms with Gasteiger partial charge in [-0.15, -0.1) is 0 Å². The molecule has 0 saturated heterocycles. The largest absolute Gasteiger partial charge is 0.491 e. The van der Waals surface area contributed by atoms with E-state index < -0.39 is 10.0 Å². The highest BCUT2D eigenvalue weighted by Crippen LogP contribution is 2.26. The number of nitrogens with one attached hydrogen (secondary N) is 1. The smallest absolute Gasteiger partial charge is 0.263 e. The lowest BCUT2D eigenvalue weighted by molar-refractivity contribution is 0.242. The highest BCUT2D eigenvalue weighted by atomic mass is 35.5. The van der Waals surface area contributed by atoms with Gasteiger partial charge in [0, 0.05) is 16.8 Å². The fraction of sp³-hybridized carbons (Fsp3) is 0.200. The molecule has 0 aliphatic rings. The van der Waals surface area contributed by atoms with E-state index in [2.05, 4.69) is 4.72 Å². The lowest BCUT2D eigenvalue weighted by Crippen LogP contribution is -2.15. The summed E-state index contributed by atoms with van der Waals surface area (Å²) in [5, 5.41) is 0.526. The van der Waals surface area contributed by atoms with Gasteiger partial charge in [-0.05, 0) is 50.2 Å². The Morgan fingerprint density at radius 1 is 1.14 bits per heavy atom. The summed E-state index contributed by atoms with van der Waals surface area (Å²) in [6.45, 7) is 3.76. The van der Waals surface area contributed by atoms with Crippen molar-refractivity contribution in [2.24, 2.45) is 0 Å². The lowest BCUT2D eigenvalue weighted by atomic mass is 10.3. The number of anilines is 2. The molecular formula is C15H17ClN2O3S. The highest BCUT2D eigenvalue weighted by molar-refractivity contribution is 7.92. The fourth-order valence-electron chi connectivity index (χ4n) is 1.84. The molecule has 22 heavy (non-hydrogen) atoms. The molecule has 0 unspecified atom stereocenters. The zero-order valence-electron chi connectivity index (χ0n) is 12.2. The van der Waals surface area contributed by atoms with Crippen molar-refractivity contribution in [2.45, 2.75) is 24.8 Å². The third-order valence-corrected chi connectivity index (χ3v) is 4.45. The fourth-order valence-corrected chi connectivity index (χ4v) is 3.14. The second-order valence-corrected chi connectivity index (χ2v) is 7.07. The van der Waals surface area contributed by atoms with Gasteiger partial charge in [0.05, 0.1) is 11.8 Å². The molecule has 3 N–H and O–H groups in total. The molecule has 0 fully saturated rings. The minimum atomic E-state index is -3.78. The topological polar surface area (TPSA) is 81.4 Å². The van der Waals surface area contributed by atoms with E-state index >= 15 is 0 Å². The van der Waals surface area contributed by atoms with Crippen molar-refractivity contribution >= 4 is 33.0 Å². The number of hydrogen-bond acceptors (Lipinski definition) is 4. The summed E-state index contributed by atoms with van der Waals surface area (Å²) in [6.07, 6.45) is -0.0194. The van der Waals surface area contributed by atoms with Gasteiger partial charge in [-0.3, -0.25) is 4.72 Å². The van der Waals surface area contributed by atoms with E-state index in [4.69, 9.17) is 22.1 Å². The number of hydrogen-bond donors (Lipinski definition) is 2. The molecule has 0 saturated carbocycles. The molecule has 0 aliphatic carbocycles. The molecule has 0 heterocycles. The number of halogens is 1. The second-order valence-electron chi connectivity index (χ2n) is 4.98. The number of ether oxygens (including phenoxy) is 1. The van der Waals surface area contributed by atoms with E-state index in [1.165, 1.54) is 12.1 Å². The standard InChI is InChI=1S/C15H17ClN2O3S/c1-10(2)21-13-7-8-15(14(17)9-13)22(19,20)18-12-5-3-11(16)4-6-12/h3-10,18H,17H2,1-2H3. The first kappa shape index (κ1) is 16.5. The SMILES string of the molecule is CC(C)Oc1ccc(S(=O)(=O)Nc2ccc(Cl)cc2)c(N)c1. The summed E-state index contributed by atoms with van der Waals surface area (Å²) in [6, 6.07) is 10.8. The minimum absolute atomic E-state index is 0.00134. The van der Waals surface area contributed by atoms with Crippen molar-refractivity contribution < 1.29 is 13.2 Å². The van der Waals surface area contributed by atoms with E-state index in [1.807, 2.05) is 13.8 Å². The lowest BCUT2D eigenvalue weighted by Gasteiger charge is -2.13. The van der Waals surface area contributed by atoms with Gasteiger partial charge in [-0.25, -0.2) is 8.42 Å². The van der Waals surface area contributed by atoms with Crippen LogP contribution >= 0.6 is 11.6 Å². The number of nitrogens with two attached hydrogens (primary N) is 1. The molecule has 2 rings (SSSR count). The van der Waals surface area contributed by atoms with Gasteiger partial charge in [0.2, 0.25) is 0 Å². The third kappa shape index (κ3) is 4.05. The first-order chi connectivity index (χ1) is 10.3. The zero-order valence-corrected chi connectivity index (χ0v) is 13.8. The van der Waals surface area contributed by atoms with Crippen molar-refractivity contribution in [3.05, 3.63) is 47.5 Å². The number of nitrogen functional groups attached to an aromatic ring is 1. The highest BCUT2D eigenvalue weighted by Gasteiger charge is 2.18. The molecule has 2 aromatic carbocycles. The molecular weight excluding hydrogens is 324 g/mol. The molecule has 0 bridgehead atoms. The first-order valence-electron chi connectivity index (χ1n) is 6.62. The van der Waals surface area contributed by atoms with Crippen LogP contribution < -0.4 is 15.2 Å². The van der Waals surface area contributed by atoms with Gasteiger partial charge in [-0.2, -0.15) is 0 Å². The van der Waals surface area contributed by atoms with E-state index in [1.54, 1.807) is 30.3 Å². The van der Waals surface area contributed by atoms with Gasteiger partial charge in [0.15, 0.2) is 0 Å². The van der Waals surface area contributed by atoms with Gasteiger partial charge >= 0.3 is 0 Å². The van der Waals surface area contributed by atoms with E-state index in [9.17, 15) is 8.42 Å². The van der Waals surface area contributed by atoms with Crippen molar-refractivity contribution in [3.63, 3.8) is 0 Å². The van der Waals surface area contributed by atoms with Crippen LogP contribution in [-0.4, -0.2) is 14.5 Å². The Balaban J connectivity index is 2.27. The first-order valence-corrected chi connectivity index (χ1v) is 8.48. The normalized spacial score (nSPS) is 11.5. The number of sulfonamides is 1. The maximum atomic E-state index is 12.4. The summed E-state index contributed by atoms with van der Waals surface area (Å²) in [7, 11) is -3.78. The Hall–Kier alpha value is -1.92. The van der Waals surface area contributed by atoms with E-state index in [-0.39, 0.29) is 16.7 Å². The van der Waals surface area contributed by atoms with Gasteiger partial charge < -0.3 is 10.5 Å². The minimum Gasteiger partial charge on any atom is -0.491 e. The van der Waals surface area contributed by atoms with E-state index in [0.717, 1.165) is 0 Å². The Labute approximate surface area is 135 Å². The molecule has 0 spiro atoms. The predicted molar refractivity (Wildman–Crippen MR) is 88.9 cm³/mol. The van der Waals surface area contributed by atoms with Crippen LogP contribution in [0.4, 0.5) is 11.4 Å². The number of benzene rings is 2. The predicted octanol–water partition coefficient (Wildman–Crippen LogP) is 3.51. The third-order valence-electron chi connectivity index (χ3n) is 2.74. The summed E-state index contributed by atoms with van der Waals surface area (Å²) in [5.41, 5.74) is 6.37. The zero-order chi connectivity index (χ0) is 16.3. The van der Waals surface area contributed by atoms with Crippen molar-refractivity contribution in [1.82, 2.24) is 0 Å². The summed E-state index contributed by atoms with van der Waals surface area (Å²) < 4.78 is 32.7. The maximum absolute atomic E-state index is 12.4. The van der Waals surface area contributed by atoms with Crippen LogP contribution in [-0.2, 0) is 10.0 Å². The summed E-state index contributed by atoms with van der Waals surface area (Å²) in [4.78, 5) is -0.00134. The second kappa shape index (κ2) is 6.46. The monoisotopic (exact) mass is 340 g/mol. The molecule has 0 radical (unpaired) electrons. The molecule has 2 aromatic rings. The average molecular weight is 341 g/mol. The van der Waals surface area contributed by atoms with E-state index in [0.29, 0.717) is 16.5 Å². The van der Waals surface area contributed by atoms with Crippen molar-refractivity contribution in [3.8, 4) is 5.75 Å². The van der Waals surface area contributed by atoms with Crippen LogP contribution in [0.15, 0.2) is 47.4 Å². The van der Waals surface area contributed by atoms with Gasteiger partial charge in [0.25, 0.3) is 10.0 Å². The van der Waals surface area contributed by atoms with Gasteiger partial charge in [0.1, 0.15) is 10.6 Å². The Morgan fingerprint density at radius 3 is 2.32 bits per heavy atom. The molecule has 118 valence electrons. The van der Waals surface area contributed by atoms with Crippen LogP contribution in [0.25, 0.3) is 0 Å². The quantitative estimate of drug-likeness (QED) is 0.816. The van der Waals surface area contributed by atoms with Crippen LogP contribution in [0.3, 0.4) is 0 Å². The van der Waals surface area contributed by atoms with Crippen LogP contribution in [0, 0.1) is 0 Å². The molecule has 7 heteroatoms. The molecule has 5 nitrogen and oxygen atoms in total. The molecule has 0 aliphatic heterocycles. The average Bonchev–Trinajstić information content (AvgIpc) is 2.40. The molecule has 0 amide bonds. The molecule has 0 aromatic heterocycles. The Bertz CT molecular complexity index is 759. The number of rotatable bonds is 5. The summed E-state index contributed by atoms with van der Waals surface area (Å²) in [5.74, 6) is 0.526. The van der Waals surface area contributed by atoms with Crippen LogP contribution in [0.5, 0.6) is 5.75 Å².